The molecule has 0 aliphatic carbocycles. The Morgan fingerprint density at radius 1 is 1.32 bits per heavy atom. The topological polar surface area (TPSA) is 21.3 Å². The first-order chi connectivity index (χ1) is 9.11. The van der Waals surface area contributed by atoms with Crippen LogP contribution in [-0.4, -0.2) is 7.11 Å². The molecule has 1 N–H and O–H groups in total. The molecule has 19 heavy (non-hydrogen) atoms. The normalized spacial score (nSPS) is 10.3. The standard InChI is InChI=1S/C14H12BrClFNO/c1-19-13-6-5-10(7-11(13)15)18-8-9-3-2-4-12(16)14(9)17/h2-7,18H,8H2,1H3. The summed E-state index contributed by atoms with van der Waals surface area (Å²) in [6.07, 6.45) is 0. The van der Waals surface area contributed by atoms with Crippen molar-refractivity contribution < 1.29 is 9.13 Å². The highest BCUT2D eigenvalue weighted by molar-refractivity contribution is 9.10. The Morgan fingerprint density at radius 2 is 2.11 bits per heavy atom. The van der Waals surface area contributed by atoms with E-state index in [0.29, 0.717) is 12.1 Å². The summed E-state index contributed by atoms with van der Waals surface area (Å²) in [4.78, 5) is 0. The second-order valence-electron chi connectivity index (χ2n) is 3.92. The molecule has 5 heteroatoms. The Balaban J connectivity index is 2.10. The molecule has 0 heterocycles. The van der Waals surface area contributed by atoms with Gasteiger partial charge in [-0.15, -0.1) is 0 Å². The summed E-state index contributed by atoms with van der Waals surface area (Å²) in [6.45, 7) is 0.366. The molecule has 0 unspecified atom stereocenters. The number of nitrogens with one attached hydrogen (secondary N) is 1. The van der Waals surface area contributed by atoms with Crippen molar-refractivity contribution in [2.24, 2.45) is 0 Å². The largest absolute Gasteiger partial charge is 0.496 e. The Kier molecular flexibility index (Phi) is 4.66. The maximum atomic E-state index is 13.7. The molecule has 2 aromatic carbocycles. The van der Waals surface area contributed by atoms with Crippen LogP contribution in [0, 0.1) is 5.82 Å². The fraction of sp³-hybridized carbons (Fsp3) is 0.143. The summed E-state index contributed by atoms with van der Waals surface area (Å²) in [7, 11) is 1.61. The van der Waals surface area contributed by atoms with Crippen LogP contribution in [0.2, 0.25) is 5.02 Å². The average Bonchev–Trinajstić information content (AvgIpc) is 2.40. The zero-order valence-corrected chi connectivity index (χ0v) is 12.6. The van der Waals surface area contributed by atoms with Crippen molar-refractivity contribution >= 4 is 33.2 Å². The zero-order chi connectivity index (χ0) is 13.8. The minimum atomic E-state index is -0.385. The first-order valence-corrected chi connectivity index (χ1v) is 6.79. The summed E-state index contributed by atoms with van der Waals surface area (Å²) in [6, 6.07) is 10.5. The first kappa shape index (κ1) is 14.2. The van der Waals surface area contributed by atoms with Gasteiger partial charge in [-0.2, -0.15) is 0 Å². The third-order valence-electron chi connectivity index (χ3n) is 2.67. The van der Waals surface area contributed by atoms with Gasteiger partial charge >= 0.3 is 0 Å². The molecule has 2 aromatic rings. The van der Waals surface area contributed by atoms with Gasteiger partial charge in [0.05, 0.1) is 16.6 Å². The number of halogens is 3. The van der Waals surface area contributed by atoms with Crippen molar-refractivity contribution in [2.45, 2.75) is 6.54 Å². The van der Waals surface area contributed by atoms with E-state index in [9.17, 15) is 4.39 Å². The summed E-state index contributed by atoms with van der Waals surface area (Å²) >= 11 is 9.13. The van der Waals surface area contributed by atoms with E-state index in [1.165, 1.54) is 6.07 Å². The number of ether oxygens (including phenoxy) is 1. The number of rotatable bonds is 4. The van der Waals surface area contributed by atoms with E-state index in [0.717, 1.165) is 15.9 Å². The van der Waals surface area contributed by atoms with Crippen LogP contribution in [0.4, 0.5) is 10.1 Å². The van der Waals surface area contributed by atoms with Crippen LogP contribution in [0.3, 0.4) is 0 Å². The fourth-order valence-corrected chi connectivity index (χ4v) is 2.39. The van der Waals surface area contributed by atoms with Gasteiger partial charge in [-0.3, -0.25) is 0 Å². The van der Waals surface area contributed by atoms with Gasteiger partial charge in [0.2, 0.25) is 0 Å². The average molecular weight is 345 g/mol. The van der Waals surface area contributed by atoms with Gasteiger partial charge in [-0.25, -0.2) is 4.39 Å². The minimum Gasteiger partial charge on any atom is -0.496 e. The number of methoxy groups -OCH3 is 1. The Morgan fingerprint density at radius 3 is 2.79 bits per heavy atom. The predicted molar refractivity (Wildman–Crippen MR) is 79.4 cm³/mol. The molecule has 0 aliphatic rings. The van der Waals surface area contributed by atoms with Crippen molar-refractivity contribution in [3.63, 3.8) is 0 Å². The van der Waals surface area contributed by atoms with E-state index in [-0.39, 0.29) is 10.8 Å². The predicted octanol–water partition coefficient (Wildman–Crippen LogP) is 4.86. The minimum absolute atomic E-state index is 0.134. The fourth-order valence-electron chi connectivity index (χ4n) is 1.66. The lowest BCUT2D eigenvalue weighted by Gasteiger charge is -2.10. The van der Waals surface area contributed by atoms with Crippen LogP contribution >= 0.6 is 27.5 Å². The maximum absolute atomic E-state index is 13.7. The highest BCUT2D eigenvalue weighted by atomic mass is 79.9. The molecular formula is C14H12BrClFNO. The second-order valence-corrected chi connectivity index (χ2v) is 5.18. The van der Waals surface area contributed by atoms with Crippen LogP contribution in [-0.2, 0) is 6.54 Å². The Bertz CT molecular complexity index is 592. The van der Waals surface area contributed by atoms with Crippen LogP contribution in [0.5, 0.6) is 5.75 Å². The lowest BCUT2D eigenvalue weighted by Crippen LogP contribution is -2.02. The number of benzene rings is 2. The van der Waals surface area contributed by atoms with Crippen LogP contribution < -0.4 is 10.1 Å². The van der Waals surface area contributed by atoms with E-state index in [1.54, 1.807) is 19.2 Å². The molecule has 0 amide bonds. The lowest BCUT2D eigenvalue weighted by molar-refractivity contribution is 0.412. The summed E-state index contributed by atoms with van der Waals surface area (Å²) in [5, 5.41) is 3.27. The quantitative estimate of drug-likeness (QED) is 0.855. The van der Waals surface area contributed by atoms with Gasteiger partial charge in [0.25, 0.3) is 0 Å². The maximum Gasteiger partial charge on any atom is 0.146 e. The number of anilines is 1. The van der Waals surface area contributed by atoms with Gasteiger partial charge in [-0.1, -0.05) is 23.7 Å². The molecule has 0 saturated heterocycles. The molecule has 0 aromatic heterocycles. The monoisotopic (exact) mass is 343 g/mol. The third-order valence-corrected chi connectivity index (χ3v) is 3.58. The molecule has 0 aliphatic heterocycles. The van der Waals surface area contributed by atoms with Gasteiger partial charge < -0.3 is 10.1 Å². The molecule has 0 radical (unpaired) electrons. The molecule has 0 spiro atoms. The first-order valence-electron chi connectivity index (χ1n) is 5.62. The van der Waals surface area contributed by atoms with Crippen molar-refractivity contribution in [3.8, 4) is 5.75 Å². The van der Waals surface area contributed by atoms with E-state index < -0.39 is 0 Å². The van der Waals surface area contributed by atoms with Gasteiger partial charge in [0.15, 0.2) is 0 Å². The van der Waals surface area contributed by atoms with Crippen LogP contribution in [0.1, 0.15) is 5.56 Å². The number of hydrogen-bond acceptors (Lipinski definition) is 2. The highest BCUT2D eigenvalue weighted by Gasteiger charge is 2.06. The second kappa shape index (κ2) is 6.26. The van der Waals surface area contributed by atoms with E-state index in [2.05, 4.69) is 21.2 Å². The summed E-state index contributed by atoms with van der Waals surface area (Å²) in [5.41, 5.74) is 1.39. The van der Waals surface area contributed by atoms with Crippen molar-refractivity contribution in [1.29, 1.82) is 0 Å². The molecule has 0 atom stereocenters. The molecule has 2 rings (SSSR count). The van der Waals surface area contributed by atoms with Crippen molar-refractivity contribution in [1.82, 2.24) is 0 Å². The van der Waals surface area contributed by atoms with Crippen LogP contribution in [0.15, 0.2) is 40.9 Å². The smallest absolute Gasteiger partial charge is 0.146 e. The number of hydrogen-bond donors (Lipinski definition) is 1. The Hall–Kier alpha value is -1.26. The SMILES string of the molecule is COc1ccc(NCc2cccc(Cl)c2F)cc1Br. The molecule has 100 valence electrons. The molecule has 2 nitrogen and oxygen atoms in total. The van der Waals surface area contributed by atoms with Crippen LogP contribution in [0.25, 0.3) is 0 Å². The van der Waals surface area contributed by atoms with E-state index >= 15 is 0 Å². The summed E-state index contributed by atoms with van der Waals surface area (Å²) < 4.78 is 19.7. The van der Waals surface area contributed by atoms with Gasteiger partial charge in [0.1, 0.15) is 11.6 Å². The van der Waals surface area contributed by atoms with Crippen molar-refractivity contribution in [2.75, 3.05) is 12.4 Å². The highest BCUT2D eigenvalue weighted by Crippen LogP contribution is 2.28. The third kappa shape index (κ3) is 3.39. The molecule has 0 fully saturated rings. The van der Waals surface area contributed by atoms with Gasteiger partial charge in [-0.05, 0) is 40.2 Å². The molecular weight excluding hydrogens is 333 g/mol. The molecule has 0 saturated carbocycles. The summed E-state index contributed by atoms with van der Waals surface area (Å²) in [5.74, 6) is 0.365. The Labute approximate surface area is 124 Å². The molecule has 0 bridgehead atoms. The zero-order valence-electron chi connectivity index (χ0n) is 10.2. The van der Waals surface area contributed by atoms with Gasteiger partial charge in [0, 0.05) is 17.8 Å². The van der Waals surface area contributed by atoms with E-state index in [1.807, 2.05) is 18.2 Å². The van der Waals surface area contributed by atoms with E-state index in [4.69, 9.17) is 16.3 Å². The lowest BCUT2D eigenvalue weighted by atomic mass is 10.2. The van der Waals surface area contributed by atoms with Crippen molar-refractivity contribution in [3.05, 3.63) is 57.3 Å².